The molecule has 20 heavy (non-hydrogen) atoms. The molecule has 0 bridgehead atoms. The lowest BCUT2D eigenvalue weighted by atomic mass is 10.2. The second-order valence-electron chi connectivity index (χ2n) is 4.23. The molecule has 1 rings (SSSR count). The Morgan fingerprint density at radius 3 is 2.50 bits per heavy atom. The predicted molar refractivity (Wildman–Crippen MR) is 78.0 cm³/mol. The van der Waals surface area contributed by atoms with Crippen LogP contribution in [0.25, 0.3) is 0 Å². The van der Waals surface area contributed by atoms with Gasteiger partial charge in [0.2, 0.25) is 5.91 Å². The Morgan fingerprint density at radius 2 is 1.95 bits per heavy atom. The molecule has 0 aliphatic carbocycles. The average molecular weight is 299 g/mol. The Hall–Kier alpha value is -1.75. The molecule has 110 valence electrons. The normalized spacial score (nSPS) is 10.2. The molecule has 0 aliphatic heterocycles. The Balaban J connectivity index is 2.50. The Morgan fingerprint density at radius 1 is 1.30 bits per heavy atom. The lowest BCUT2D eigenvalue weighted by Crippen LogP contribution is -2.34. The molecule has 0 atom stereocenters. The molecule has 0 fully saturated rings. The molecule has 2 N–H and O–H groups in total. The van der Waals surface area contributed by atoms with Crippen molar-refractivity contribution in [1.29, 1.82) is 0 Å². The minimum atomic E-state index is -0.425. The summed E-state index contributed by atoms with van der Waals surface area (Å²) in [4.78, 5) is 25.3. The molecule has 0 aromatic heterocycles. The van der Waals surface area contributed by atoms with Gasteiger partial charge in [0.05, 0.1) is 5.56 Å². The van der Waals surface area contributed by atoms with Gasteiger partial charge in [0.1, 0.15) is 5.75 Å². The van der Waals surface area contributed by atoms with E-state index in [1.54, 1.807) is 4.90 Å². The number of phenolic OH excluding ortho intramolecular Hbond substituents is 1. The summed E-state index contributed by atoms with van der Waals surface area (Å²) < 4.78 is 0. The summed E-state index contributed by atoms with van der Waals surface area (Å²) in [5, 5.41) is 12.6. The molecule has 0 heterocycles. The molecule has 1 aromatic rings. The number of phenols is 1. The fraction of sp³-hybridized carbons (Fsp3) is 0.429. The van der Waals surface area contributed by atoms with E-state index in [4.69, 9.17) is 11.6 Å². The second kappa shape index (κ2) is 7.75. The summed E-state index contributed by atoms with van der Waals surface area (Å²) >= 11 is 5.69. The van der Waals surface area contributed by atoms with E-state index < -0.39 is 5.91 Å². The maximum Gasteiger partial charge on any atom is 0.255 e. The maximum absolute atomic E-state index is 11.8. The number of amides is 2. The van der Waals surface area contributed by atoms with Crippen molar-refractivity contribution in [3.63, 3.8) is 0 Å². The van der Waals surface area contributed by atoms with Crippen LogP contribution in [-0.2, 0) is 4.79 Å². The fourth-order valence-electron chi connectivity index (χ4n) is 1.81. The van der Waals surface area contributed by atoms with Crippen LogP contribution >= 0.6 is 11.6 Å². The molecule has 0 aliphatic rings. The maximum atomic E-state index is 11.8. The minimum Gasteiger partial charge on any atom is -0.507 e. The highest BCUT2D eigenvalue weighted by molar-refractivity contribution is 6.30. The zero-order valence-corrected chi connectivity index (χ0v) is 12.4. The SMILES string of the molecule is CCN(CC)C(=O)CCNC(=O)c1ccc(Cl)cc1O. The van der Waals surface area contributed by atoms with Gasteiger partial charge < -0.3 is 15.3 Å². The van der Waals surface area contributed by atoms with Crippen molar-refractivity contribution in [2.24, 2.45) is 0 Å². The second-order valence-corrected chi connectivity index (χ2v) is 4.67. The Kier molecular flexibility index (Phi) is 6.31. The summed E-state index contributed by atoms with van der Waals surface area (Å²) in [6.07, 6.45) is 0.238. The van der Waals surface area contributed by atoms with Gasteiger partial charge >= 0.3 is 0 Å². The van der Waals surface area contributed by atoms with Crippen molar-refractivity contribution in [3.05, 3.63) is 28.8 Å². The van der Waals surface area contributed by atoms with Crippen LogP contribution in [0.5, 0.6) is 5.75 Å². The van der Waals surface area contributed by atoms with E-state index in [-0.39, 0.29) is 30.2 Å². The van der Waals surface area contributed by atoms with Crippen LogP contribution in [0.15, 0.2) is 18.2 Å². The number of carbonyl (C=O) groups excluding carboxylic acids is 2. The van der Waals surface area contributed by atoms with Crippen LogP contribution in [0.3, 0.4) is 0 Å². The first-order valence-electron chi connectivity index (χ1n) is 6.54. The van der Waals surface area contributed by atoms with Gasteiger partial charge in [-0.25, -0.2) is 0 Å². The number of nitrogens with one attached hydrogen (secondary N) is 1. The lowest BCUT2D eigenvalue weighted by Gasteiger charge is -2.18. The molecule has 0 saturated heterocycles. The number of hydrogen-bond acceptors (Lipinski definition) is 3. The molecule has 1 aromatic carbocycles. The summed E-state index contributed by atoms with van der Waals surface area (Å²) in [5.74, 6) is -0.604. The van der Waals surface area contributed by atoms with Crippen LogP contribution in [0, 0.1) is 0 Å². The van der Waals surface area contributed by atoms with Gasteiger partial charge in [-0.05, 0) is 32.0 Å². The van der Waals surface area contributed by atoms with Gasteiger partial charge in [-0.2, -0.15) is 0 Å². The highest BCUT2D eigenvalue weighted by atomic mass is 35.5. The Labute approximate surface area is 123 Å². The molecule has 6 heteroatoms. The summed E-state index contributed by atoms with van der Waals surface area (Å²) in [6.45, 7) is 5.36. The van der Waals surface area contributed by atoms with Crippen molar-refractivity contribution in [3.8, 4) is 5.75 Å². The third-order valence-electron chi connectivity index (χ3n) is 2.94. The quantitative estimate of drug-likeness (QED) is 0.844. The molecular weight excluding hydrogens is 280 g/mol. The number of halogens is 1. The molecule has 0 unspecified atom stereocenters. The predicted octanol–water partition coefficient (Wildman–Crippen LogP) is 2.03. The van der Waals surface area contributed by atoms with Gasteiger partial charge in [0.15, 0.2) is 0 Å². The molecule has 5 nitrogen and oxygen atoms in total. The van der Waals surface area contributed by atoms with Crippen LogP contribution < -0.4 is 5.32 Å². The molecular formula is C14H19ClN2O3. The first-order chi connectivity index (χ1) is 9.49. The van der Waals surface area contributed by atoms with E-state index in [1.807, 2.05) is 13.8 Å². The van der Waals surface area contributed by atoms with Crippen LogP contribution in [0.2, 0.25) is 5.02 Å². The molecule has 0 radical (unpaired) electrons. The number of nitrogens with zero attached hydrogens (tertiary/aromatic N) is 1. The highest BCUT2D eigenvalue weighted by Gasteiger charge is 2.13. The first-order valence-corrected chi connectivity index (χ1v) is 6.91. The molecule has 0 saturated carbocycles. The molecule has 2 amide bonds. The van der Waals surface area contributed by atoms with Crippen molar-refractivity contribution < 1.29 is 14.7 Å². The standard InChI is InChI=1S/C14H19ClN2O3/c1-3-17(4-2)13(19)7-8-16-14(20)11-6-5-10(15)9-12(11)18/h5-6,9,18H,3-4,7-8H2,1-2H3,(H,16,20). The summed E-state index contributed by atoms with van der Waals surface area (Å²) in [5.41, 5.74) is 0.143. The van der Waals surface area contributed by atoms with Gasteiger partial charge in [0, 0.05) is 31.1 Å². The third kappa shape index (κ3) is 4.42. The van der Waals surface area contributed by atoms with E-state index >= 15 is 0 Å². The van der Waals surface area contributed by atoms with Gasteiger partial charge in [-0.3, -0.25) is 9.59 Å². The van der Waals surface area contributed by atoms with Crippen molar-refractivity contribution in [2.45, 2.75) is 20.3 Å². The Bertz CT molecular complexity index is 487. The summed E-state index contributed by atoms with van der Waals surface area (Å²) in [7, 11) is 0. The number of rotatable bonds is 6. The van der Waals surface area contributed by atoms with Crippen LogP contribution in [0.1, 0.15) is 30.6 Å². The number of benzene rings is 1. The van der Waals surface area contributed by atoms with Crippen molar-refractivity contribution in [1.82, 2.24) is 10.2 Å². The minimum absolute atomic E-state index is 0.00405. The average Bonchev–Trinajstić information content (AvgIpc) is 2.39. The number of carbonyl (C=O) groups is 2. The van der Waals surface area contributed by atoms with Crippen LogP contribution in [0.4, 0.5) is 0 Å². The fourth-order valence-corrected chi connectivity index (χ4v) is 1.98. The largest absolute Gasteiger partial charge is 0.507 e. The van der Waals surface area contributed by atoms with E-state index in [0.717, 1.165) is 0 Å². The van der Waals surface area contributed by atoms with E-state index in [2.05, 4.69) is 5.32 Å². The molecule has 0 spiro atoms. The topological polar surface area (TPSA) is 69.6 Å². The lowest BCUT2D eigenvalue weighted by molar-refractivity contribution is -0.130. The summed E-state index contributed by atoms with van der Waals surface area (Å²) in [6, 6.07) is 4.27. The smallest absolute Gasteiger partial charge is 0.255 e. The zero-order valence-electron chi connectivity index (χ0n) is 11.6. The zero-order chi connectivity index (χ0) is 15.1. The number of aromatic hydroxyl groups is 1. The number of hydrogen-bond donors (Lipinski definition) is 2. The van der Waals surface area contributed by atoms with Gasteiger partial charge in [0.25, 0.3) is 5.91 Å². The third-order valence-corrected chi connectivity index (χ3v) is 3.18. The van der Waals surface area contributed by atoms with Crippen molar-refractivity contribution in [2.75, 3.05) is 19.6 Å². The first kappa shape index (κ1) is 16.3. The van der Waals surface area contributed by atoms with E-state index in [9.17, 15) is 14.7 Å². The van der Waals surface area contributed by atoms with E-state index in [1.165, 1.54) is 18.2 Å². The highest BCUT2D eigenvalue weighted by Crippen LogP contribution is 2.21. The monoisotopic (exact) mass is 298 g/mol. The van der Waals surface area contributed by atoms with Crippen LogP contribution in [-0.4, -0.2) is 41.5 Å². The van der Waals surface area contributed by atoms with Crippen molar-refractivity contribution >= 4 is 23.4 Å². The van der Waals surface area contributed by atoms with Gasteiger partial charge in [-0.1, -0.05) is 11.6 Å². The van der Waals surface area contributed by atoms with E-state index in [0.29, 0.717) is 18.1 Å². The van der Waals surface area contributed by atoms with Gasteiger partial charge in [-0.15, -0.1) is 0 Å².